The first kappa shape index (κ1) is 20.1. The highest BCUT2D eigenvalue weighted by molar-refractivity contribution is 7.71. The molecule has 154 valence electrons. The maximum Gasteiger partial charge on any atom is 0.288 e. The maximum atomic E-state index is 9.07. The van der Waals surface area contributed by atoms with Crippen LogP contribution in [0.15, 0.2) is 47.0 Å². The number of anilines is 1. The number of hydrogen-bond acceptors (Lipinski definition) is 8. The van der Waals surface area contributed by atoms with Gasteiger partial charge in [0.25, 0.3) is 4.84 Å². The second kappa shape index (κ2) is 9.07. The molecule has 1 aliphatic rings. The predicted molar refractivity (Wildman–Crippen MR) is 114 cm³/mol. The molecule has 0 spiro atoms. The highest BCUT2D eigenvalue weighted by atomic mass is 32.1. The van der Waals surface area contributed by atoms with E-state index in [0.29, 0.717) is 29.4 Å². The van der Waals surface area contributed by atoms with Gasteiger partial charge >= 0.3 is 0 Å². The minimum Gasteiger partial charge on any atom is -0.497 e. The zero-order valence-corrected chi connectivity index (χ0v) is 17.5. The van der Waals surface area contributed by atoms with Gasteiger partial charge in [-0.15, -0.1) is 5.10 Å². The molecule has 1 fully saturated rings. The Morgan fingerprint density at radius 1 is 1.17 bits per heavy atom. The number of ether oxygens (including phenoxy) is 1. The minimum absolute atomic E-state index is 0.379. The monoisotopic (exact) mass is 422 g/mol. The van der Waals surface area contributed by atoms with Gasteiger partial charge in [0, 0.05) is 32.4 Å². The van der Waals surface area contributed by atoms with E-state index in [1.54, 1.807) is 24.1 Å². The molecule has 1 aromatic carbocycles. The highest BCUT2D eigenvalue weighted by Crippen LogP contribution is 2.17. The Morgan fingerprint density at radius 2 is 1.93 bits per heavy atom. The topological polar surface area (TPSA) is 83.4 Å². The highest BCUT2D eigenvalue weighted by Gasteiger charge is 2.19. The summed E-state index contributed by atoms with van der Waals surface area (Å²) < 4.78 is 12.6. The fourth-order valence-corrected chi connectivity index (χ4v) is 3.59. The predicted octanol–water partition coefficient (Wildman–Crippen LogP) is 2.85. The Bertz CT molecular complexity index is 1090. The molecular weight excluding hydrogens is 400 g/mol. The largest absolute Gasteiger partial charge is 0.497 e. The number of nitriles is 1. The number of hydrogen-bond donors (Lipinski definition) is 0. The second-order valence-electron chi connectivity index (χ2n) is 7.05. The van der Waals surface area contributed by atoms with Crippen molar-refractivity contribution >= 4 is 18.0 Å². The van der Waals surface area contributed by atoms with Crippen LogP contribution in [0.25, 0.3) is 0 Å². The van der Waals surface area contributed by atoms with Gasteiger partial charge in [-0.25, -0.2) is 9.67 Å². The smallest absolute Gasteiger partial charge is 0.288 e. The van der Waals surface area contributed by atoms with E-state index in [0.717, 1.165) is 43.3 Å². The number of aromatic nitrogens is 3. The van der Waals surface area contributed by atoms with Crippen LogP contribution >= 0.6 is 12.2 Å². The first-order valence-electron chi connectivity index (χ1n) is 9.68. The fourth-order valence-electron chi connectivity index (χ4n) is 3.40. The van der Waals surface area contributed by atoms with Gasteiger partial charge in [0.15, 0.2) is 0 Å². The molecule has 0 radical (unpaired) electrons. The number of benzene rings is 1. The summed E-state index contributed by atoms with van der Waals surface area (Å²) in [5, 5.41) is 13.6. The number of piperazine rings is 1. The summed E-state index contributed by atoms with van der Waals surface area (Å²) in [4.78, 5) is 9.23. The summed E-state index contributed by atoms with van der Waals surface area (Å²) >= 11 is 5.36. The summed E-state index contributed by atoms with van der Waals surface area (Å²) in [6, 6.07) is 13.5. The molecule has 0 amide bonds. The molecule has 8 nitrogen and oxygen atoms in total. The van der Waals surface area contributed by atoms with Crippen LogP contribution < -0.4 is 9.64 Å². The molecule has 4 rings (SSSR count). The van der Waals surface area contributed by atoms with Crippen molar-refractivity contribution in [3.8, 4) is 11.8 Å². The molecule has 1 saturated heterocycles. The summed E-state index contributed by atoms with van der Waals surface area (Å²) in [6.45, 7) is 3.93. The van der Waals surface area contributed by atoms with Gasteiger partial charge in [0.05, 0.1) is 31.8 Å². The van der Waals surface area contributed by atoms with Crippen molar-refractivity contribution in [1.29, 1.82) is 5.26 Å². The third-order valence-electron chi connectivity index (χ3n) is 5.07. The van der Waals surface area contributed by atoms with Gasteiger partial charge in [-0.1, -0.05) is 12.1 Å². The summed E-state index contributed by atoms with van der Waals surface area (Å²) in [6.07, 6.45) is 2.26. The van der Waals surface area contributed by atoms with Gasteiger partial charge in [0.1, 0.15) is 11.6 Å². The molecule has 30 heavy (non-hydrogen) atoms. The van der Waals surface area contributed by atoms with Crippen molar-refractivity contribution in [2.24, 2.45) is 0 Å². The summed E-state index contributed by atoms with van der Waals surface area (Å²) in [5.74, 6) is 2.26. The van der Waals surface area contributed by atoms with Crippen molar-refractivity contribution < 1.29 is 9.15 Å². The first-order chi connectivity index (χ1) is 14.6. The molecule has 0 saturated carbocycles. The van der Waals surface area contributed by atoms with E-state index in [2.05, 4.69) is 26.0 Å². The van der Waals surface area contributed by atoms with E-state index in [-0.39, 0.29) is 0 Å². The van der Waals surface area contributed by atoms with Crippen molar-refractivity contribution in [1.82, 2.24) is 19.7 Å². The molecule has 0 bridgehead atoms. The van der Waals surface area contributed by atoms with E-state index >= 15 is 0 Å². The zero-order chi connectivity index (χ0) is 20.9. The summed E-state index contributed by atoms with van der Waals surface area (Å²) in [7, 11) is 1.65. The van der Waals surface area contributed by atoms with Crippen LogP contribution in [0.5, 0.6) is 5.75 Å². The van der Waals surface area contributed by atoms with Crippen LogP contribution in [0, 0.1) is 16.2 Å². The van der Waals surface area contributed by atoms with Gasteiger partial charge in [0.2, 0.25) is 5.89 Å². The van der Waals surface area contributed by atoms with Gasteiger partial charge in [-0.3, -0.25) is 4.90 Å². The van der Waals surface area contributed by atoms with Crippen LogP contribution in [0.1, 0.15) is 17.0 Å². The van der Waals surface area contributed by atoms with Crippen LogP contribution in [0.2, 0.25) is 0 Å². The van der Waals surface area contributed by atoms with Gasteiger partial charge in [-0.05, 0) is 42.0 Å². The molecular formula is C21H22N6O2S. The number of rotatable bonds is 6. The van der Waals surface area contributed by atoms with E-state index < -0.39 is 0 Å². The standard InChI is InChI=1S/C21H22N6O2S/c1-28-18-4-2-16(3-5-18)13-20-24-27(21(30)29-20)15-25-8-10-26(11-9-25)19-12-17(14-22)6-7-23-19/h2-7,12H,8-11,13,15H2,1H3. The third-order valence-corrected chi connectivity index (χ3v) is 5.36. The van der Waals surface area contributed by atoms with Crippen molar-refractivity contribution in [2.45, 2.75) is 13.1 Å². The molecule has 9 heteroatoms. The third kappa shape index (κ3) is 4.67. The Morgan fingerprint density at radius 3 is 2.63 bits per heavy atom. The lowest BCUT2D eigenvalue weighted by Gasteiger charge is -2.35. The van der Waals surface area contributed by atoms with Gasteiger partial charge in [-0.2, -0.15) is 5.26 Å². The molecule has 2 aromatic heterocycles. The number of methoxy groups -OCH3 is 1. The SMILES string of the molecule is COc1ccc(Cc2nn(CN3CCN(c4cc(C#N)ccn4)CC3)c(=S)o2)cc1. The van der Waals surface area contributed by atoms with Crippen LogP contribution in [-0.4, -0.2) is 53.0 Å². The van der Waals surface area contributed by atoms with E-state index in [1.807, 2.05) is 30.3 Å². The van der Waals surface area contributed by atoms with Crippen molar-refractivity contribution in [3.63, 3.8) is 0 Å². The maximum absolute atomic E-state index is 9.07. The molecule has 0 atom stereocenters. The molecule has 1 aliphatic heterocycles. The Labute approximate surface area is 179 Å². The lowest BCUT2D eigenvalue weighted by atomic mass is 10.1. The zero-order valence-electron chi connectivity index (χ0n) is 16.7. The molecule has 0 N–H and O–H groups in total. The Kier molecular flexibility index (Phi) is 6.07. The average molecular weight is 423 g/mol. The quantitative estimate of drug-likeness (QED) is 0.561. The molecule has 0 unspecified atom stereocenters. The van der Waals surface area contributed by atoms with Crippen LogP contribution in [-0.2, 0) is 13.1 Å². The van der Waals surface area contributed by atoms with Crippen molar-refractivity contribution in [3.05, 3.63) is 64.5 Å². The van der Waals surface area contributed by atoms with Crippen LogP contribution in [0.3, 0.4) is 0 Å². The average Bonchev–Trinajstić information content (AvgIpc) is 3.13. The molecule has 3 aromatic rings. The van der Waals surface area contributed by atoms with E-state index in [9.17, 15) is 0 Å². The van der Waals surface area contributed by atoms with E-state index in [1.165, 1.54) is 0 Å². The molecule has 3 heterocycles. The van der Waals surface area contributed by atoms with Crippen molar-refractivity contribution in [2.75, 3.05) is 38.2 Å². The fraction of sp³-hybridized carbons (Fsp3) is 0.333. The Hall–Kier alpha value is -3.22. The van der Waals surface area contributed by atoms with Crippen LogP contribution in [0.4, 0.5) is 5.82 Å². The Balaban J connectivity index is 1.35. The van der Waals surface area contributed by atoms with Gasteiger partial charge < -0.3 is 14.1 Å². The summed E-state index contributed by atoms with van der Waals surface area (Å²) in [5.41, 5.74) is 1.71. The lowest BCUT2D eigenvalue weighted by molar-refractivity contribution is 0.192. The number of nitrogens with zero attached hydrogens (tertiary/aromatic N) is 6. The lowest BCUT2D eigenvalue weighted by Crippen LogP contribution is -2.47. The minimum atomic E-state index is 0.379. The first-order valence-corrected chi connectivity index (χ1v) is 10.1. The molecule has 0 aliphatic carbocycles. The number of pyridine rings is 1. The normalized spacial score (nSPS) is 14.5. The second-order valence-corrected chi connectivity index (χ2v) is 7.40. The van der Waals surface area contributed by atoms with E-state index in [4.69, 9.17) is 26.6 Å².